The van der Waals surface area contributed by atoms with Crippen LogP contribution in [0.4, 0.5) is 5.69 Å². The van der Waals surface area contributed by atoms with Crippen molar-refractivity contribution in [2.24, 2.45) is 4.99 Å². The second kappa shape index (κ2) is 5.40. The molecule has 2 N–H and O–H groups in total. The molecule has 0 amide bonds. The summed E-state index contributed by atoms with van der Waals surface area (Å²) in [6.45, 7) is 3.57. The Bertz CT molecular complexity index is 514. The normalized spacial score (nSPS) is 26.4. The quantitative estimate of drug-likeness (QED) is 0.831. The van der Waals surface area contributed by atoms with E-state index < -0.39 is 5.97 Å². The van der Waals surface area contributed by atoms with E-state index in [0.29, 0.717) is 5.90 Å². The summed E-state index contributed by atoms with van der Waals surface area (Å²) in [5, 5.41) is 6.74. The van der Waals surface area contributed by atoms with Gasteiger partial charge in [0.2, 0.25) is 5.90 Å². The Morgan fingerprint density at radius 1 is 1.20 bits per heavy atom. The van der Waals surface area contributed by atoms with Crippen LogP contribution in [0.1, 0.15) is 5.56 Å². The number of hydrogen-bond donors (Lipinski definition) is 2. The smallest absolute Gasteiger partial charge is 0.305 e. The number of piperazine rings is 1. The molecule has 0 saturated carbocycles. The number of rotatable bonds is 2. The number of nitrogens with zero attached hydrogens (tertiary/aromatic N) is 2. The highest BCUT2D eigenvalue weighted by Gasteiger charge is 2.41. The number of anilines is 1. The molecule has 6 heteroatoms. The lowest BCUT2D eigenvalue weighted by atomic mass is 10.1. The van der Waals surface area contributed by atoms with E-state index in [-0.39, 0.29) is 0 Å². The molecule has 0 aliphatic carbocycles. The van der Waals surface area contributed by atoms with Gasteiger partial charge in [-0.15, -0.1) is 0 Å². The van der Waals surface area contributed by atoms with Gasteiger partial charge >= 0.3 is 5.97 Å². The van der Waals surface area contributed by atoms with Gasteiger partial charge < -0.3 is 20.1 Å². The molecule has 0 bridgehead atoms. The van der Waals surface area contributed by atoms with E-state index in [2.05, 4.69) is 20.5 Å². The number of benzene rings is 1. The van der Waals surface area contributed by atoms with E-state index in [1.165, 1.54) is 0 Å². The lowest BCUT2D eigenvalue weighted by molar-refractivity contribution is -0.114. The van der Waals surface area contributed by atoms with Gasteiger partial charge in [-0.3, -0.25) is 0 Å². The summed E-state index contributed by atoms with van der Waals surface area (Å²) in [5.74, 6) is -0.290. The molecule has 2 heterocycles. The highest BCUT2D eigenvalue weighted by Crippen LogP contribution is 2.31. The minimum Gasteiger partial charge on any atom is -0.481 e. The third kappa shape index (κ3) is 2.15. The molecule has 1 aromatic carbocycles. The molecule has 1 saturated heterocycles. The molecule has 2 aliphatic rings. The summed E-state index contributed by atoms with van der Waals surface area (Å²) < 4.78 is 11.2. The predicted molar refractivity (Wildman–Crippen MR) is 77.8 cm³/mol. The highest BCUT2D eigenvalue weighted by atomic mass is 16.5. The third-order valence-corrected chi connectivity index (χ3v) is 3.73. The van der Waals surface area contributed by atoms with Gasteiger partial charge in [-0.05, 0) is 12.1 Å². The van der Waals surface area contributed by atoms with E-state index in [0.717, 1.165) is 37.4 Å². The van der Waals surface area contributed by atoms with Crippen LogP contribution in [0, 0.1) is 0 Å². The van der Waals surface area contributed by atoms with E-state index in [1.807, 2.05) is 24.3 Å². The minimum absolute atomic E-state index is 0.597. The maximum Gasteiger partial charge on any atom is 0.305 e. The van der Waals surface area contributed by atoms with Crippen LogP contribution in [0.2, 0.25) is 0 Å². The second-order valence-corrected chi connectivity index (χ2v) is 4.84. The van der Waals surface area contributed by atoms with Gasteiger partial charge in [0.1, 0.15) is 0 Å². The standard InChI is InChI=1S/C14H20N4O2/c1-19-13-11-5-3-4-6-12(11)16-14(17-13,20-2)18-9-7-15-8-10-18/h3-6,15-16H,7-10H2,1-2H3. The first-order valence-electron chi connectivity index (χ1n) is 6.81. The fraction of sp³-hybridized carbons (Fsp3) is 0.500. The molecule has 6 nitrogen and oxygen atoms in total. The van der Waals surface area contributed by atoms with Crippen molar-refractivity contribution in [3.8, 4) is 0 Å². The molecule has 108 valence electrons. The fourth-order valence-corrected chi connectivity index (χ4v) is 2.68. The topological polar surface area (TPSA) is 58.1 Å². The number of aliphatic imine (C=N–C) groups is 1. The van der Waals surface area contributed by atoms with Crippen molar-refractivity contribution in [3.05, 3.63) is 29.8 Å². The van der Waals surface area contributed by atoms with E-state index >= 15 is 0 Å². The SMILES string of the molecule is COC1=NC(OC)(N2CCNCC2)Nc2ccccc21. The van der Waals surface area contributed by atoms with E-state index in [4.69, 9.17) is 9.47 Å². The summed E-state index contributed by atoms with van der Waals surface area (Å²) in [6.07, 6.45) is 0. The summed E-state index contributed by atoms with van der Waals surface area (Å²) in [4.78, 5) is 6.85. The summed E-state index contributed by atoms with van der Waals surface area (Å²) in [7, 11) is 3.30. The Morgan fingerprint density at radius 2 is 1.95 bits per heavy atom. The van der Waals surface area contributed by atoms with Gasteiger partial charge in [0, 0.05) is 33.3 Å². The van der Waals surface area contributed by atoms with Crippen LogP contribution in [0.15, 0.2) is 29.3 Å². The first-order chi connectivity index (χ1) is 9.79. The molecule has 2 aliphatic heterocycles. The van der Waals surface area contributed by atoms with Crippen molar-refractivity contribution in [1.82, 2.24) is 10.2 Å². The van der Waals surface area contributed by atoms with Crippen molar-refractivity contribution in [1.29, 1.82) is 0 Å². The van der Waals surface area contributed by atoms with Crippen molar-refractivity contribution in [3.63, 3.8) is 0 Å². The molecule has 0 radical (unpaired) electrons. The van der Waals surface area contributed by atoms with Gasteiger partial charge in [-0.25, -0.2) is 4.90 Å². The number of fused-ring (bicyclic) bond motifs is 1. The molecule has 1 atom stereocenters. The molecule has 1 unspecified atom stereocenters. The van der Waals surface area contributed by atoms with Crippen LogP contribution in [0.5, 0.6) is 0 Å². The highest BCUT2D eigenvalue weighted by molar-refractivity contribution is 6.01. The Morgan fingerprint density at radius 3 is 2.65 bits per heavy atom. The monoisotopic (exact) mass is 276 g/mol. The fourth-order valence-electron chi connectivity index (χ4n) is 2.68. The molecule has 3 rings (SSSR count). The van der Waals surface area contributed by atoms with E-state index in [9.17, 15) is 0 Å². The molecule has 1 fully saturated rings. The Labute approximate surface area is 118 Å². The van der Waals surface area contributed by atoms with Crippen LogP contribution in [-0.4, -0.2) is 57.2 Å². The minimum atomic E-state index is -0.887. The number of para-hydroxylation sites is 1. The van der Waals surface area contributed by atoms with Crippen molar-refractivity contribution in [2.45, 2.75) is 5.97 Å². The predicted octanol–water partition coefficient (Wildman–Crippen LogP) is 0.668. The molecule has 1 aromatic rings. The zero-order chi connectivity index (χ0) is 14.0. The number of ether oxygens (including phenoxy) is 2. The molecule has 20 heavy (non-hydrogen) atoms. The number of nitrogens with one attached hydrogen (secondary N) is 2. The summed E-state index contributed by atoms with van der Waals surface area (Å²) >= 11 is 0. The number of hydrogen-bond acceptors (Lipinski definition) is 6. The lowest BCUT2D eigenvalue weighted by Gasteiger charge is -2.44. The van der Waals surface area contributed by atoms with Crippen LogP contribution in [0.25, 0.3) is 0 Å². The van der Waals surface area contributed by atoms with Gasteiger partial charge in [0.25, 0.3) is 0 Å². The first kappa shape index (κ1) is 13.4. The van der Waals surface area contributed by atoms with Crippen LogP contribution in [-0.2, 0) is 9.47 Å². The van der Waals surface area contributed by atoms with E-state index in [1.54, 1.807) is 14.2 Å². The zero-order valence-electron chi connectivity index (χ0n) is 11.8. The van der Waals surface area contributed by atoms with Crippen molar-refractivity contribution < 1.29 is 9.47 Å². The summed E-state index contributed by atoms with van der Waals surface area (Å²) in [6, 6.07) is 7.96. The van der Waals surface area contributed by atoms with Crippen molar-refractivity contribution >= 4 is 11.6 Å². The maximum atomic E-state index is 5.73. The van der Waals surface area contributed by atoms with Crippen LogP contribution < -0.4 is 10.6 Å². The zero-order valence-corrected chi connectivity index (χ0v) is 11.8. The van der Waals surface area contributed by atoms with Gasteiger partial charge in [0.15, 0.2) is 0 Å². The molecular formula is C14H20N4O2. The number of methoxy groups -OCH3 is 2. The first-order valence-corrected chi connectivity index (χ1v) is 6.81. The third-order valence-electron chi connectivity index (χ3n) is 3.73. The molecular weight excluding hydrogens is 256 g/mol. The average Bonchev–Trinajstić information content (AvgIpc) is 2.54. The Kier molecular flexibility index (Phi) is 3.60. The van der Waals surface area contributed by atoms with Crippen LogP contribution >= 0.6 is 0 Å². The van der Waals surface area contributed by atoms with Crippen molar-refractivity contribution in [2.75, 3.05) is 45.7 Å². The summed E-state index contributed by atoms with van der Waals surface area (Å²) in [5.41, 5.74) is 1.93. The molecule has 0 spiro atoms. The second-order valence-electron chi connectivity index (χ2n) is 4.84. The maximum absolute atomic E-state index is 5.73. The van der Waals surface area contributed by atoms with Gasteiger partial charge in [0.05, 0.1) is 18.4 Å². The van der Waals surface area contributed by atoms with Crippen LogP contribution in [0.3, 0.4) is 0 Å². The Hall–Kier alpha value is -1.63. The molecule has 0 aromatic heterocycles. The average molecular weight is 276 g/mol. The lowest BCUT2D eigenvalue weighted by Crippen LogP contribution is -2.61. The van der Waals surface area contributed by atoms with Gasteiger partial charge in [-0.1, -0.05) is 12.1 Å². The Balaban J connectivity index is 2.01. The largest absolute Gasteiger partial charge is 0.481 e. The van der Waals surface area contributed by atoms with Gasteiger partial charge in [-0.2, -0.15) is 4.99 Å².